The van der Waals surface area contributed by atoms with Gasteiger partial charge in [-0.05, 0) is 29.9 Å². The zero-order valence-corrected chi connectivity index (χ0v) is 18.4. The second-order valence-electron chi connectivity index (χ2n) is 7.44. The lowest BCUT2D eigenvalue weighted by molar-refractivity contribution is 0.102. The highest BCUT2D eigenvalue weighted by Crippen LogP contribution is 2.29. The highest BCUT2D eigenvalue weighted by molar-refractivity contribution is 7.71. The molecule has 8 heteroatoms. The number of H-pyrrole nitrogens is 1. The number of aromatic amines is 1. The summed E-state index contributed by atoms with van der Waals surface area (Å²) in [5.41, 5.74) is 3.68. The average Bonchev–Trinajstić information content (AvgIpc) is 3.37. The van der Waals surface area contributed by atoms with Crippen LogP contribution in [0.4, 0.5) is 5.13 Å². The topological polar surface area (TPSA) is 66.0 Å². The van der Waals surface area contributed by atoms with Crippen LogP contribution in [0, 0.1) is 4.77 Å². The number of anilines is 1. The summed E-state index contributed by atoms with van der Waals surface area (Å²) in [6.45, 7) is 2.73. The van der Waals surface area contributed by atoms with Crippen molar-refractivity contribution in [3.05, 3.63) is 93.5 Å². The summed E-state index contributed by atoms with van der Waals surface area (Å²) >= 11 is 6.94. The summed E-state index contributed by atoms with van der Waals surface area (Å²) in [5.74, 6) is -0.233. The Morgan fingerprint density at radius 3 is 2.65 bits per heavy atom. The van der Waals surface area contributed by atoms with Gasteiger partial charge in [-0.3, -0.25) is 19.6 Å². The average molecular weight is 448 g/mol. The molecule has 2 aromatic heterocycles. The van der Waals surface area contributed by atoms with Crippen LogP contribution in [0.3, 0.4) is 0 Å². The third-order valence-corrected chi connectivity index (χ3v) is 6.60. The lowest BCUT2D eigenvalue weighted by Gasteiger charge is -2.25. The van der Waals surface area contributed by atoms with E-state index < -0.39 is 0 Å². The highest BCUT2D eigenvalue weighted by Gasteiger charge is 2.22. The number of nitrogens with one attached hydrogen (secondary N) is 2. The van der Waals surface area contributed by atoms with Crippen LogP contribution in [0.5, 0.6) is 0 Å². The first-order chi connectivity index (χ1) is 15.2. The number of fused-ring (bicyclic) bond motifs is 1. The van der Waals surface area contributed by atoms with Crippen molar-refractivity contribution in [3.8, 4) is 5.69 Å². The zero-order chi connectivity index (χ0) is 21.2. The molecule has 0 fully saturated rings. The monoisotopic (exact) mass is 447 g/mol. The SMILES string of the molecule is O=C(Nc1nc2c(s1)CN(Cc1ccccc1)CC2)c1c[nH]c(=S)n1-c1ccccc1. The number of nitrogens with zero attached hydrogens (tertiary/aromatic N) is 3. The van der Waals surface area contributed by atoms with Gasteiger partial charge in [0.2, 0.25) is 0 Å². The molecule has 0 saturated carbocycles. The van der Waals surface area contributed by atoms with Crippen LogP contribution in [0.25, 0.3) is 5.69 Å². The maximum atomic E-state index is 13.0. The molecule has 0 unspecified atom stereocenters. The molecule has 6 nitrogen and oxygen atoms in total. The molecule has 2 N–H and O–H groups in total. The number of thiazole rings is 1. The summed E-state index contributed by atoms with van der Waals surface area (Å²) in [5, 5.41) is 3.59. The second-order valence-corrected chi connectivity index (χ2v) is 8.91. The van der Waals surface area contributed by atoms with Crippen LogP contribution < -0.4 is 5.32 Å². The first-order valence-corrected chi connectivity index (χ1v) is 11.3. The summed E-state index contributed by atoms with van der Waals surface area (Å²) in [4.78, 5) is 24.3. The van der Waals surface area contributed by atoms with E-state index in [9.17, 15) is 4.79 Å². The van der Waals surface area contributed by atoms with Crippen LogP contribution >= 0.6 is 23.6 Å². The Kier molecular flexibility index (Phi) is 5.50. The van der Waals surface area contributed by atoms with Crippen molar-refractivity contribution < 1.29 is 4.79 Å². The quantitative estimate of drug-likeness (QED) is 0.431. The van der Waals surface area contributed by atoms with E-state index in [-0.39, 0.29) is 5.91 Å². The van der Waals surface area contributed by atoms with E-state index in [2.05, 4.69) is 44.5 Å². The summed E-state index contributed by atoms with van der Waals surface area (Å²) < 4.78 is 2.21. The Morgan fingerprint density at radius 1 is 1.13 bits per heavy atom. The molecule has 0 radical (unpaired) electrons. The van der Waals surface area contributed by atoms with Gasteiger partial charge in [0, 0.05) is 42.8 Å². The van der Waals surface area contributed by atoms with Gasteiger partial charge in [0.1, 0.15) is 5.69 Å². The minimum atomic E-state index is -0.233. The van der Waals surface area contributed by atoms with Gasteiger partial charge in [0.25, 0.3) is 5.91 Å². The van der Waals surface area contributed by atoms with E-state index in [0.717, 1.165) is 37.4 Å². The number of amides is 1. The van der Waals surface area contributed by atoms with Crippen LogP contribution in [0.15, 0.2) is 66.9 Å². The molecule has 5 rings (SSSR count). The number of rotatable bonds is 5. The minimum absolute atomic E-state index is 0.233. The first-order valence-electron chi connectivity index (χ1n) is 10.1. The molecule has 31 heavy (non-hydrogen) atoms. The summed E-state index contributed by atoms with van der Waals surface area (Å²) in [6, 6.07) is 20.1. The number of hydrogen-bond donors (Lipinski definition) is 2. The van der Waals surface area contributed by atoms with E-state index >= 15 is 0 Å². The minimum Gasteiger partial charge on any atom is -0.336 e. The van der Waals surface area contributed by atoms with Gasteiger partial charge in [0.05, 0.1) is 5.69 Å². The number of benzene rings is 2. The number of imidazole rings is 1. The molecule has 2 aromatic carbocycles. The normalized spacial score (nSPS) is 13.7. The van der Waals surface area contributed by atoms with Gasteiger partial charge in [-0.15, -0.1) is 11.3 Å². The van der Waals surface area contributed by atoms with E-state index in [1.165, 1.54) is 10.4 Å². The number of para-hydroxylation sites is 1. The third kappa shape index (κ3) is 4.23. The van der Waals surface area contributed by atoms with Crippen molar-refractivity contribution >= 4 is 34.6 Å². The highest BCUT2D eigenvalue weighted by atomic mass is 32.1. The lowest BCUT2D eigenvalue weighted by atomic mass is 10.1. The Hall–Kier alpha value is -3.07. The Bertz CT molecular complexity index is 1260. The van der Waals surface area contributed by atoms with Crippen molar-refractivity contribution in [1.82, 2.24) is 19.4 Å². The Morgan fingerprint density at radius 2 is 1.87 bits per heavy atom. The van der Waals surface area contributed by atoms with Crippen LogP contribution in [-0.2, 0) is 19.5 Å². The molecule has 1 amide bonds. The fourth-order valence-corrected chi connectivity index (χ4v) is 5.12. The van der Waals surface area contributed by atoms with E-state index in [1.807, 2.05) is 36.4 Å². The molecule has 1 aliphatic heterocycles. The third-order valence-electron chi connectivity index (χ3n) is 5.30. The largest absolute Gasteiger partial charge is 0.336 e. The lowest BCUT2D eigenvalue weighted by Crippen LogP contribution is -2.29. The fourth-order valence-electron chi connectivity index (χ4n) is 3.81. The second kappa shape index (κ2) is 8.58. The molecule has 0 spiro atoms. The molecular weight excluding hydrogens is 426 g/mol. The summed E-state index contributed by atoms with van der Waals surface area (Å²) in [6.07, 6.45) is 2.53. The van der Waals surface area contributed by atoms with Crippen molar-refractivity contribution in [1.29, 1.82) is 0 Å². The predicted molar refractivity (Wildman–Crippen MR) is 125 cm³/mol. The van der Waals surface area contributed by atoms with Crippen molar-refractivity contribution in [3.63, 3.8) is 0 Å². The predicted octanol–water partition coefficient (Wildman–Crippen LogP) is 4.80. The Labute approximate surface area is 189 Å². The van der Waals surface area contributed by atoms with Crippen molar-refractivity contribution in [2.24, 2.45) is 0 Å². The maximum Gasteiger partial charge on any atom is 0.276 e. The van der Waals surface area contributed by atoms with Crippen LogP contribution in [0.1, 0.15) is 26.6 Å². The molecule has 0 bridgehead atoms. The number of carbonyl (C=O) groups excluding carboxylic acids is 1. The Balaban J connectivity index is 1.32. The molecule has 3 heterocycles. The smallest absolute Gasteiger partial charge is 0.276 e. The molecular formula is C23H21N5OS2. The molecule has 4 aromatic rings. The molecule has 0 aliphatic carbocycles. The first kappa shape index (κ1) is 19.9. The van der Waals surface area contributed by atoms with E-state index in [1.54, 1.807) is 22.1 Å². The van der Waals surface area contributed by atoms with E-state index in [4.69, 9.17) is 12.2 Å². The number of aromatic nitrogens is 3. The van der Waals surface area contributed by atoms with Gasteiger partial charge in [-0.25, -0.2) is 4.98 Å². The van der Waals surface area contributed by atoms with Crippen molar-refractivity contribution in [2.45, 2.75) is 19.5 Å². The fraction of sp³-hybridized carbons (Fsp3) is 0.174. The number of carbonyl (C=O) groups is 1. The van der Waals surface area contributed by atoms with Crippen LogP contribution in [0.2, 0.25) is 0 Å². The standard InChI is InChI=1S/C23H21N5OS2/c29-21(19-13-24-23(30)28(19)17-9-5-2-6-10-17)26-22-25-18-11-12-27(15-20(18)31-22)14-16-7-3-1-4-8-16/h1-10,13H,11-12,14-15H2,(H,24,30)(H,25,26,29). The molecule has 0 atom stereocenters. The van der Waals surface area contributed by atoms with Gasteiger partial charge in [-0.1, -0.05) is 48.5 Å². The maximum absolute atomic E-state index is 13.0. The van der Waals surface area contributed by atoms with Crippen LogP contribution in [-0.4, -0.2) is 31.9 Å². The van der Waals surface area contributed by atoms with E-state index in [0.29, 0.717) is 15.6 Å². The molecule has 156 valence electrons. The van der Waals surface area contributed by atoms with Gasteiger partial charge in [0.15, 0.2) is 9.90 Å². The van der Waals surface area contributed by atoms with Gasteiger partial charge in [-0.2, -0.15) is 0 Å². The van der Waals surface area contributed by atoms with Crippen molar-refractivity contribution in [2.75, 3.05) is 11.9 Å². The molecule has 1 aliphatic rings. The molecule has 0 saturated heterocycles. The number of hydrogen-bond acceptors (Lipinski definition) is 5. The summed E-state index contributed by atoms with van der Waals surface area (Å²) in [7, 11) is 0. The van der Waals surface area contributed by atoms with Gasteiger partial charge < -0.3 is 4.98 Å². The van der Waals surface area contributed by atoms with Gasteiger partial charge >= 0.3 is 0 Å². The zero-order valence-electron chi connectivity index (χ0n) is 16.7.